The number of hydrogen-bond acceptors (Lipinski definition) is 4. The summed E-state index contributed by atoms with van der Waals surface area (Å²) < 4.78 is 27.4. The third-order valence-electron chi connectivity index (χ3n) is 1.56. The van der Waals surface area contributed by atoms with Crippen LogP contribution in [0.15, 0.2) is 30.3 Å². The molecule has 0 saturated carbocycles. The summed E-state index contributed by atoms with van der Waals surface area (Å²) in [5.41, 5.74) is 5.21. The Hall–Kier alpha value is -1.07. The Morgan fingerprint density at radius 3 is 2.43 bits per heavy atom. The average Bonchev–Trinajstić information content (AvgIpc) is 2.16. The van der Waals surface area contributed by atoms with Crippen molar-refractivity contribution in [3.05, 3.63) is 30.3 Å². The van der Waals surface area contributed by atoms with Crippen molar-refractivity contribution in [2.45, 2.75) is 6.42 Å². The molecule has 0 radical (unpaired) electrons. The molecule has 4 nitrogen and oxygen atoms in total. The van der Waals surface area contributed by atoms with E-state index >= 15 is 0 Å². The summed E-state index contributed by atoms with van der Waals surface area (Å²) in [5, 5.41) is 0. The number of para-hydroxylation sites is 1. The van der Waals surface area contributed by atoms with Crippen molar-refractivity contribution in [2.75, 3.05) is 12.3 Å². The summed E-state index contributed by atoms with van der Waals surface area (Å²) in [7, 11) is -3.48. The first-order chi connectivity index (χ1) is 6.64. The van der Waals surface area contributed by atoms with Gasteiger partial charge in [0.1, 0.15) is 5.75 Å². The maximum atomic E-state index is 11.3. The average molecular weight is 215 g/mol. The summed E-state index contributed by atoms with van der Waals surface area (Å²) in [5.74, 6) is 0.294. The van der Waals surface area contributed by atoms with Crippen LogP contribution in [-0.4, -0.2) is 20.7 Å². The van der Waals surface area contributed by atoms with Crippen LogP contribution in [0.4, 0.5) is 0 Å². The fourth-order valence-corrected chi connectivity index (χ4v) is 1.93. The fraction of sp³-hybridized carbons (Fsp3) is 0.333. The van der Waals surface area contributed by atoms with E-state index in [1.807, 2.05) is 0 Å². The standard InChI is InChI=1S/C9H13NO3S/c10-7-4-8-14(11,12)13-9-5-2-1-3-6-9/h1-3,5-6H,4,7-8,10H2. The molecule has 1 rings (SSSR count). The van der Waals surface area contributed by atoms with Gasteiger partial charge in [0.25, 0.3) is 0 Å². The Labute approximate surface area is 83.8 Å². The maximum absolute atomic E-state index is 11.3. The monoisotopic (exact) mass is 215 g/mol. The van der Waals surface area contributed by atoms with Crippen LogP contribution in [0.5, 0.6) is 5.75 Å². The third kappa shape index (κ3) is 3.76. The predicted octanol–water partition coefficient (Wildman–Crippen LogP) is 0.744. The van der Waals surface area contributed by atoms with Gasteiger partial charge in [-0.2, -0.15) is 8.42 Å². The van der Waals surface area contributed by atoms with Gasteiger partial charge in [0.05, 0.1) is 5.75 Å². The van der Waals surface area contributed by atoms with Crippen LogP contribution in [0, 0.1) is 0 Å². The number of benzene rings is 1. The second-order valence-corrected chi connectivity index (χ2v) is 4.49. The molecule has 78 valence electrons. The van der Waals surface area contributed by atoms with Gasteiger partial charge in [-0.1, -0.05) is 18.2 Å². The van der Waals surface area contributed by atoms with Gasteiger partial charge < -0.3 is 9.92 Å². The van der Waals surface area contributed by atoms with Crippen molar-refractivity contribution in [2.24, 2.45) is 5.73 Å². The maximum Gasteiger partial charge on any atom is 0.309 e. The minimum absolute atomic E-state index is 0.0433. The van der Waals surface area contributed by atoms with E-state index in [0.29, 0.717) is 18.7 Å². The first-order valence-corrected chi connectivity index (χ1v) is 5.89. The molecule has 0 aliphatic carbocycles. The summed E-state index contributed by atoms with van der Waals surface area (Å²) >= 11 is 0. The van der Waals surface area contributed by atoms with Gasteiger partial charge in [-0.25, -0.2) is 0 Å². The molecule has 0 saturated heterocycles. The second-order valence-electron chi connectivity index (χ2n) is 2.80. The molecule has 0 bridgehead atoms. The molecule has 1 aromatic rings. The number of rotatable bonds is 5. The zero-order chi connectivity index (χ0) is 10.4. The molecule has 0 heterocycles. The van der Waals surface area contributed by atoms with Gasteiger partial charge >= 0.3 is 10.1 Å². The lowest BCUT2D eigenvalue weighted by molar-refractivity contribution is 0.484. The molecule has 0 amide bonds. The SMILES string of the molecule is NCCCS(=O)(=O)Oc1ccccc1. The van der Waals surface area contributed by atoms with E-state index in [0.717, 1.165) is 0 Å². The van der Waals surface area contributed by atoms with Crippen LogP contribution in [0.25, 0.3) is 0 Å². The molecule has 0 atom stereocenters. The summed E-state index contributed by atoms with van der Waals surface area (Å²) in [6.45, 7) is 0.345. The van der Waals surface area contributed by atoms with E-state index in [-0.39, 0.29) is 5.75 Å². The third-order valence-corrected chi connectivity index (χ3v) is 2.80. The van der Waals surface area contributed by atoms with E-state index in [2.05, 4.69) is 0 Å². The molecular weight excluding hydrogens is 202 g/mol. The van der Waals surface area contributed by atoms with Crippen LogP contribution in [0.3, 0.4) is 0 Å². The van der Waals surface area contributed by atoms with Gasteiger partial charge in [-0.15, -0.1) is 0 Å². The minimum Gasteiger partial charge on any atom is -0.382 e. The quantitative estimate of drug-likeness (QED) is 0.736. The van der Waals surface area contributed by atoms with Crippen LogP contribution >= 0.6 is 0 Å². The molecule has 0 unspecified atom stereocenters. The largest absolute Gasteiger partial charge is 0.382 e. The van der Waals surface area contributed by atoms with Gasteiger partial charge in [0, 0.05) is 0 Å². The van der Waals surface area contributed by atoms with Crippen molar-refractivity contribution in [1.29, 1.82) is 0 Å². The van der Waals surface area contributed by atoms with E-state index in [4.69, 9.17) is 9.92 Å². The number of hydrogen-bond donors (Lipinski definition) is 1. The highest BCUT2D eigenvalue weighted by Crippen LogP contribution is 2.11. The van der Waals surface area contributed by atoms with Crippen LogP contribution < -0.4 is 9.92 Å². The highest BCUT2D eigenvalue weighted by molar-refractivity contribution is 7.87. The minimum atomic E-state index is -3.48. The molecule has 1 aromatic carbocycles. The van der Waals surface area contributed by atoms with E-state index in [1.54, 1.807) is 30.3 Å². The highest BCUT2D eigenvalue weighted by Gasteiger charge is 2.11. The Morgan fingerprint density at radius 2 is 1.86 bits per heavy atom. The molecular formula is C9H13NO3S. The predicted molar refractivity (Wildman–Crippen MR) is 54.5 cm³/mol. The van der Waals surface area contributed by atoms with Gasteiger partial charge in [0.15, 0.2) is 0 Å². The Balaban J connectivity index is 2.60. The summed E-state index contributed by atoms with van der Waals surface area (Å²) in [6, 6.07) is 8.42. The molecule has 0 fully saturated rings. The molecule has 0 spiro atoms. The summed E-state index contributed by atoms with van der Waals surface area (Å²) in [6.07, 6.45) is 0.412. The van der Waals surface area contributed by atoms with Crippen molar-refractivity contribution in [1.82, 2.24) is 0 Å². The zero-order valence-electron chi connectivity index (χ0n) is 7.72. The first-order valence-electron chi connectivity index (χ1n) is 4.31. The molecule has 0 aliphatic heterocycles. The van der Waals surface area contributed by atoms with Crippen molar-refractivity contribution in [3.8, 4) is 5.75 Å². The Kier molecular flexibility index (Phi) is 3.91. The van der Waals surface area contributed by atoms with Gasteiger partial charge in [0.2, 0.25) is 0 Å². The van der Waals surface area contributed by atoms with Crippen molar-refractivity contribution >= 4 is 10.1 Å². The van der Waals surface area contributed by atoms with E-state index in [9.17, 15) is 8.42 Å². The van der Waals surface area contributed by atoms with E-state index in [1.165, 1.54) is 0 Å². The fourth-order valence-electron chi connectivity index (χ4n) is 0.924. The van der Waals surface area contributed by atoms with Crippen LogP contribution in [0.2, 0.25) is 0 Å². The Bertz CT molecular complexity index is 361. The van der Waals surface area contributed by atoms with Crippen molar-refractivity contribution in [3.63, 3.8) is 0 Å². The number of nitrogens with two attached hydrogens (primary N) is 1. The molecule has 0 aliphatic rings. The first kappa shape index (κ1) is 11.0. The van der Waals surface area contributed by atoms with Gasteiger partial charge in [-0.05, 0) is 25.1 Å². The molecule has 5 heteroatoms. The summed E-state index contributed by atoms with van der Waals surface area (Å²) in [4.78, 5) is 0. The molecule has 2 N–H and O–H groups in total. The Morgan fingerprint density at radius 1 is 1.21 bits per heavy atom. The van der Waals surface area contributed by atoms with Crippen molar-refractivity contribution < 1.29 is 12.6 Å². The lowest BCUT2D eigenvalue weighted by Gasteiger charge is -2.05. The molecule has 0 aromatic heterocycles. The lowest BCUT2D eigenvalue weighted by Crippen LogP contribution is -2.16. The zero-order valence-corrected chi connectivity index (χ0v) is 8.53. The van der Waals surface area contributed by atoms with Crippen LogP contribution in [-0.2, 0) is 10.1 Å². The van der Waals surface area contributed by atoms with Gasteiger partial charge in [-0.3, -0.25) is 0 Å². The van der Waals surface area contributed by atoms with Crippen LogP contribution in [0.1, 0.15) is 6.42 Å². The highest BCUT2D eigenvalue weighted by atomic mass is 32.2. The smallest absolute Gasteiger partial charge is 0.309 e. The second kappa shape index (κ2) is 4.97. The lowest BCUT2D eigenvalue weighted by atomic mass is 10.3. The topological polar surface area (TPSA) is 69.4 Å². The molecule has 14 heavy (non-hydrogen) atoms. The normalized spacial score (nSPS) is 11.2. The van der Waals surface area contributed by atoms with E-state index < -0.39 is 10.1 Å².